The molecule has 0 bridgehead atoms. The van der Waals surface area contributed by atoms with Gasteiger partial charge in [0.1, 0.15) is 13.1 Å². The van der Waals surface area contributed by atoms with E-state index in [4.69, 9.17) is 9.15 Å². The number of quaternary nitrogens is 1. The van der Waals surface area contributed by atoms with Crippen LogP contribution in [0.25, 0.3) is 0 Å². The molecule has 0 unspecified atom stereocenters. The fourth-order valence-electron chi connectivity index (χ4n) is 3.63. The first kappa shape index (κ1) is 15.6. The molecule has 5 heteroatoms. The molecule has 1 aliphatic carbocycles. The summed E-state index contributed by atoms with van der Waals surface area (Å²) in [6.07, 6.45) is 7.45. The second-order valence-electron chi connectivity index (χ2n) is 6.42. The van der Waals surface area contributed by atoms with Gasteiger partial charge in [-0.1, -0.05) is 19.3 Å². The van der Waals surface area contributed by atoms with Crippen molar-refractivity contribution in [1.29, 1.82) is 0 Å². The monoisotopic (exact) mass is 307 g/mol. The Balaban J connectivity index is 1.58. The molecule has 1 atom stereocenters. The van der Waals surface area contributed by atoms with Crippen LogP contribution in [-0.2, 0) is 9.53 Å². The fourth-order valence-corrected chi connectivity index (χ4v) is 3.63. The number of rotatable bonds is 5. The molecule has 22 heavy (non-hydrogen) atoms. The molecular formula is C17H27N2O3+. The molecule has 0 aromatic carbocycles. The predicted molar refractivity (Wildman–Crippen MR) is 82.5 cm³/mol. The highest BCUT2D eigenvalue weighted by Crippen LogP contribution is 2.23. The molecule has 2 heterocycles. The zero-order valence-electron chi connectivity index (χ0n) is 13.2. The highest BCUT2D eigenvalue weighted by atomic mass is 16.5. The lowest BCUT2D eigenvalue weighted by Crippen LogP contribution is -3.15. The lowest BCUT2D eigenvalue weighted by atomic mass is 9.88. The third-order valence-corrected chi connectivity index (χ3v) is 4.97. The van der Waals surface area contributed by atoms with Gasteiger partial charge in [0.2, 0.25) is 5.91 Å². The van der Waals surface area contributed by atoms with Crippen molar-refractivity contribution in [3.63, 3.8) is 0 Å². The Hall–Kier alpha value is -1.33. The van der Waals surface area contributed by atoms with Crippen LogP contribution in [0.4, 0.5) is 0 Å². The maximum absolute atomic E-state index is 12.4. The molecule has 1 saturated carbocycles. The predicted octanol–water partition coefficient (Wildman–Crippen LogP) is 0.932. The molecule has 1 aromatic heterocycles. The lowest BCUT2D eigenvalue weighted by molar-refractivity contribution is -0.938. The molecule has 1 aliphatic heterocycles. The van der Waals surface area contributed by atoms with E-state index < -0.39 is 0 Å². The summed E-state index contributed by atoms with van der Waals surface area (Å²) in [5.41, 5.74) is 0. The standard InChI is InChI=1S/C17H26N2O3/c20-17(14-5-2-1-3-6-14)18-13-15(16-7-4-10-22-16)19-8-11-21-12-9-19/h4,7,10,14-15H,1-3,5-6,8-9,11-13H2,(H,18,20)/p+1/t15-/m1/s1. The molecule has 3 rings (SSSR count). The second kappa shape index (κ2) is 7.79. The van der Waals surface area contributed by atoms with E-state index in [1.54, 1.807) is 6.26 Å². The van der Waals surface area contributed by atoms with E-state index in [-0.39, 0.29) is 17.9 Å². The summed E-state index contributed by atoms with van der Waals surface area (Å²) in [4.78, 5) is 13.8. The zero-order valence-corrected chi connectivity index (χ0v) is 13.2. The van der Waals surface area contributed by atoms with E-state index in [9.17, 15) is 4.79 Å². The van der Waals surface area contributed by atoms with Gasteiger partial charge in [-0.2, -0.15) is 0 Å². The van der Waals surface area contributed by atoms with Gasteiger partial charge < -0.3 is 19.4 Å². The van der Waals surface area contributed by atoms with Crippen LogP contribution in [-0.4, -0.2) is 38.8 Å². The van der Waals surface area contributed by atoms with E-state index in [1.165, 1.54) is 24.2 Å². The van der Waals surface area contributed by atoms with Gasteiger partial charge in [-0.3, -0.25) is 4.79 Å². The van der Waals surface area contributed by atoms with Gasteiger partial charge in [0.25, 0.3) is 0 Å². The van der Waals surface area contributed by atoms with Crippen LogP contribution in [0.5, 0.6) is 0 Å². The van der Waals surface area contributed by atoms with Crippen LogP contribution in [0.2, 0.25) is 0 Å². The van der Waals surface area contributed by atoms with Crippen molar-refractivity contribution < 1.29 is 18.8 Å². The highest BCUT2D eigenvalue weighted by Gasteiger charge is 2.30. The van der Waals surface area contributed by atoms with Gasteiger partial charge in [0.05, 0.1) is 26.0 Å². The van der Waals surface area contributed by atoms with Gasteiger partial charge >= 0.3 is 0 Å². The van der Waals surface area contributed by atoms with Crippen molar-refractivity contribution in [3.05, 3.63) is 24.2 Å². The molecule has 0 radical (unpaired) electrons. The number of morpholine rings is 1. The summed E-state index contributed by atoms with van der Waals surface area (Å²) in [6.45, 7) is 4.14. The molecular weight excluding hydrogens is 280 g/mol. The van der Waals surface area contributed by atoms with Gasteiger partial charge in [-0.25, -0.2) is 0 Å². The Morgan fingerprint density at radius 1 is 1.27 bits per heavy atom. The SMILES string of the molecule is O=C(NC[C@H](c1ccco1)[NH+]1CCOCC1)C1CCCCC1. The Kier molecular flexibility index (Phi) is 5.51. The average Bonchev–Trinajstić information content (AvgIpc) is 3.11. The largest absolute Gasteiger partial charge is 0.463 e. The Morgan fingerprint density at radius 3 is 2.73 bits per heavy atom. The van der Waals surface area contributed by atoms with E-state index in [2.05, 4.69) is 5.32 Å². The normalized spacial score (nSPS) is 22.4. The maximum atomic E-state index is 12.4. The lowest BCUT2D eigenvalue weighted by Gasteiger charge is -2.31. The molecule has 1 amide bonds. The van der Waals surface area contributed by atoms with Crippen molar-refractivity contribution in [2.45, 2.75) is 38.1 Å². The topological polar surface area (TPSA) is 55.9 Å². The zero-order chi connectivity index (χ0) is 15.2. The molecule has 1 aromatic rings. The average molecular weight is 307 g/mol. The van der Waals surface area contributed by atoms with Crippen LogP contribution in [0.15, 0.2) is 22.8 Å². The first-order valence-electron chi connectivity index (χ1n) is 8.58. The number of furan rings is 1. The Labute approximate surface area is 132 Å². The minimum atomic E-state index is 0.187. The third-order valence-electron chi connectivity index (χ3n) is 4.97. The number of hydrogen-bond donors (Lipinski definition) is 2. The molecule has 2 N–H and O–H groups in total. The van der Waals surface area contributed by atoms with Crippen molar-refractivity contribution in [2.75, 3.05) is 32.8 Å². The first-order chi connectivity index (χ1) is 10.8. The summed E-state index contributed by atoms with van der Waals surface area (Å²) in [5.74, 6) is 1.40. The van der Waals surface area contributed by atoms with Gasteiger partial charge in [0, 0.05) is 5.92 Å². The quantitative estimate of drug-likeness (QED) is 0.851. The van der Waals surface area contributed by atoms with E-state index in [1.807, 2.05) is 12.1 Å². The molecule has 0 spiro atoms. The molecule has 1 saturated heterocycles. The number of hydrogen-bond acceptors (Lipinski definition) is 3. The minimum absolute atomic E-state index is 0.187. The van der Waals surface area contributed by atoms with E-state index in [0.29, 0.717) is 6.54 Å². The summed E-state index contributed by atoms with van der Waals surface area (Å²) in [6, 6.07) is 4.12. The summed E-state index contributed by atoms with van der Waals surface area (Å²) >= 11 is 0. The summed E-state index contributed by atoms with van der Waals surface area (Å²) in [7, 11) is 0. The number of carbonyl (C=O) groups is 1. The van der Waals surface area contributed by atoms with Crippen molar-refractivity contribution in [2.24, 2.45) is 5.92 Å². The third kappa shape index (κ3) is 3.90. The summed E-state index contributed by atoms with van der Waals surface area (Å²) in [5, 5.41) is 3.18. The number of ether oxygens (including phenoxy) is 1. The second-order valence-corrected chi connectivity index (χ2v) is 6.42. The maximum Gasteiger partial charge on any atom is 0.223 e. The Morgan fingerprint density at radius 2 is 2.05 bits per heavy atom. The summed E-state index contributed by atoms with van der Waals surface area (Å²) < 4.78 is 11.1. The highest BCUT2D eigenvalue weighted by molar-refractivity contribution is 5.78. The first-order valence-corrected chi connectivity index (χ1v) is 8.58. The van der Waals surface area contributed by atoms with Crippen molar-refractivity contribution >= 4 is 5.91 Å². The molecule has 2 aliphatic rings. The van der Waals surface area contributed by atoms with Crippen LogP contribution < -0.4 is 10.2 Å². The van der Waals surface area contributed by atoms with Crippen LogP contribution in [0.1, 0.15) is 43.9 Å². The Bertz CT molecular complexity index is 448. The van der Waals surface area contributed by atoms with Gasteiger partial charge in [-0.15, -0.1) is 0 Å². The fraction of sp³-hybridized carbons (Fsp3) is 0.706. The van der Waals surface area contributed by atoms with Crippen LogP contribution >= 0.6 is 0 Å². The minimum Gasteiger partial charge on any atom is -0.463 e. The van der Waals surface area contributed by atoms with Crippen molar-refractivity contribution in [3.8, 4) is 0 Å². The number of nitrogens with one attached hydrogen (secondary N) is 2. The molecule has 5 nitrogen and oxygen atoms in total. The smallest absolute Gasteiger partial charge is 0.223 e. The van der Waals surface area contributed by atoms with Gasteiger partial charge in [0.15, 0.2) is 11.8 Å². The van der Waals surface area contributed by atoms with Crippen LogP contribution in [0.3, 0.4) is 0 Å². The van der Waals surface area contributed by atoms with Crippen LogP contribution in [0, 0.1) is 5.92 Å². The van der Waals surface area contributed by atoms with E-state index in [0.717, 1.165) is 44.9 Å². The molecule has 2 fully saturated rings. The molecule has 122 valence electrons. The number of carbonyl (C=O) groups excluding carboxylic acids is 1. The van der Waals surface area contributed by atoms with Crippen molar-refractivity contribution in [1.82, 2.24) is 5.32 Å². The van der Waals surface area contributed by atoms with E-state index >= 15 is 0 Å². The number of amides is 1. The van der Waals surface area contributed by atoms with Gasteiger partial charge in [-0.05, 0) is 25.0 Å².